The number of anilines is 1. The summed E-state index contributed by atoms with van der Waals surface area (Å²) >= 11 is 0. The SMILES string of the molecule is O=C(Nc1c(-c2ccccc2)[nH]c2ccccc12)c1ccc(F)cc1. The molecule has 0 radical (unpaired) electrons. The number of rotatable bonds is 3. The quantitative estimate of drug-likeness (QED) is 0.531. The molecular formula is C21H15FN2O. The van der Waals surface area contributed by atoms with Crippen molar-refractivity contribution in [2.75, 3.05) is 5.32 Å². The Morgan fingerprint density at radius 3 is 2.28 bits per heavy atom. The highest BCUT2D eigenvalue weighted by Gasteiger charge is 2.16. The third kappa shape index (κ3) is 2.90. The van der Waals surface area contributed by atoms with Crippen LogP contribution in [0.2, 0.25) is 0 Å². The Bertz CT molecular complexity index is 1040. The molecule has 0 fully saturated rings. The minimum atomic E-state index is -0.367. The van der Waals surface area contributed by atoms with Crippen LogP contribution < -0.4 is 5.32 Å². The topological polar surface area (TPSA) is 44.9 Å². The number of amides is 1. The predicted molar refractivity (Wildman–Crippen MR) is 98.1 cm³/mol. The van der Waals surface area contributed by atoms with Crippen LogP contribution in [0.1, 0.15) is 10.4 Å². The van der Waals surface area contributed by atoms with Gasteiger partial charge in [-0.05, 0) is 30.3 Å². The number of aromatic amines is 1. The van der Waals surface area contributed by atoms with Crippen LogP contribution in [0, 0.1) is 5.82 Å². The van der Waals surface area contributed by atoms with Crippen molar-refractivity contribution in [2.24, 2.45) is 0 Å². The van der Waals surface area contributed by atoms with E-state index in [0.717, 1.165) is 27.8 Å². The van der Waals surface area contributed by atoms with E-state index in [1.54, 1.807) is 0 Å². The fourth-order valence-corrected chi connectivity index (χ4v) is 2.88. The van der Waals surface area contributed by atoms with Gasteiger partial charge in [-0.25, -0.2) is 4.39 Å². The fourth-order valence-electron chi connectivity index (χ4n) is 2.88. The zero-order chi connectivity index (χ0) is 17.2. The zero-order valence-corrected chi connectivity index (χ0v) is 13.3. The summed E-state index contributed by atoms with van der Waals surface area (Å²) in [5.41, 5.74) is 3.89. The number of fused-ring (bicyclic) bond motifs is 1. The lowest BCUT2D eigenvalue weighted by Gasteiger charge is -2.08. The molecule has 0 aliphatic rings. The van der Waals surface area contributed by atoms with Gasteiger partial charge in [0, 0.05) is 22.0 Å². The lowest BCUT2D eigenvalue weighted by Crippen LogP contribution is -2.12. The van der Waals surface area contributed by atoms with Crippen molar-refractivity contribution in [1.82, 2.24) is 4.98 Å². The molecule has 3 aromatic carbocycles. The molecule has 4 rings (SSSR count). The summed E-state index contributed by atoms with van der Waals surface area (Å²) in [6, 6.07) is 23.1. The molecule has 4 aromatic rings. The highest BCUT2D eigenvalue weighted by atomic mass is 19.1. The first-order chi connectivity index (χ1) is 12.2. The number of carbonyl (C=O) groups excluding carboxylic acids is 1. The van der Waals surface area contributed by atoms with Gasteiger partial charge >= 0.3 is 0 Å². The summed E-state index contributed by atoms with van der Waals surface area (Å²) in [6.45, 7) is 0. The van der Waals surface area contributed by atoms with Gasteiger partial charge in [0.05, 0.1) is 11.4 Å². The van der Waals surface area contributed by atoms with Gasteiger partial charge in [0.2, 0.25) is 0 Å². The van der Waals surface area contributed by atoms with Crippen LogP contribution in [0.25, 0.3) is 22.2 Å². The normalized spacial score (nSPS) is 10.8. The Hall–Kier alpha value is -3.40. The van der Waals surface area contributed by atoms with Crippen molar-refractivity contribution in [2.45, 2.75) is 0 Å². The van der Waals surface area contributed by atoms with Crippen LogP contribution in [0.5, 0.6) is 0 Å². The van der Waals surface area contributed by atoms with Gasteiger partial charge in [0.25, 0.3) is 5.91 Å². The van der Waals surface area contributed by atoms with Crippen molar-refractivity contribution in [1.29, 1.82) is 0 Å². The molecule has 0 saturated heterocycles. The number of H-pyrrole nitrogens is 1. The molecule has 0 unspecified atom stereocenters. The van der Waals surface area contributed by atoms with Gasteiger partial charge in [-0.15, -0.1) is 0 Å². The average Bonchev–Trinajstić information content (AvgIpc) is 3.02. The summed E-state index contributed by atoms with van der Waals surface area (Å²) in [5.74, 6) is -0.643. The molecule has 25 heavy (non-hydrogen) atoms. The lowest BCUT2D eigenvalue weighted by molar-refractivity contribution is 0.102. The molecule has 1 amide bonds. The molecule has 3 nitrogen and oxygen atoms in total. The number of hydrogen-bond acceptors (Lipinski definition) is 1. The Balaban J connectivity index is 1.80. The second-order valence-electron chi connectivity index (χ2n) is 5.75. The number of aromatic nitrogens is 1. The molecule has 122 valence electrons. The largest absolute Gasteiger partial charge is 0.353 e. The predicted octanol–water partition coefficient (Wildman–Crippen LogP) is 5.23. The van der Waals surface area contributed by atoms with Crippen molar-refractivity contribution in [3.05, 3.63) is 90.2 Å². The Labute approximate surface area is 144 Å². The molecule has 0 bridgehead atoms. The van der Waals surface area contributed by atoms with Crippen molar-refractivity contribution in [3.63, 3.8) is 0 Å². The van der Waals surface area contributed by atoms with Crippen molar-refractivity contribution < 1.29 is 9.18 Å². The van der Waals surface area contributed by atoms with Gasteiger partial charge in [-0.1, -0.05) is 48.5 Å². The third-order valence-electron chi connectivity index (χ3n) is 4.11. The highest BCUT2D eigenvalue weighted by molar-refractivity contribution is 6.12. The second-order valence-corrected chi connectivity index (χ2v) is 5.75. The number of hydrogen-bond donors (Lipinski definition) is 2. The second kappa shape index (κ2) is 6.24. The molecule has 4 heteroatoms. The van der Waals surface area contributed by atoms with Gasteiger partial charge < -0.3 is 10.3 Å². The molecule has 1 aromatic heterocycles. The molecular weight excluding hydrogens is 315 g/mol. The van der Waals surface area contributed by atoms with Gasteiger partial charge in [0.15, 0.2) is 0 Å². The summed E-state index contributed by atoms with van der Waals surface area (Å²) in [5, 5.41) is 3.90. The highest BCUT2D eigenvalue weighted by Crippen LogP contribution is 2.35. The molecule has 0 aliphatic carbocycles. The molecule has 1 heterocycles. The van der Waals surface area contributed by atoms with E-state index in [9.17, 15) is 9.18 Å². The Kier molecular flexibility index (Phi) is 3.78. The Morgan fingerprint density at radius 2 is 1.52 bits per heavy atom. The number of nitrogens with one attached hydrogen (secondary N) is 2. The number of halogens is 1. The van der Waals surface area contributed by atoms with Crippen LogP contribution >= 0.6 is 0 Å². The van der Waals surface area contributed by atoms with Crippen LogP contribution in [0.15, 0.2) is 78.9 Å². The van der Waals surface area contributed by atoms with Crippen molar-refractivity contribution in [3.8, 4) is 11.3 Å². The molecule has 0 saturated carbocycles. The van der Waals surface area contributed by atoms with E-state index in [2.05, 4.69) is 10.3 Å². The van der Waals surface area contributed by atoms with E-state index in [0.29, 0.717) is 5.56 Å². The fraction of sp³-hybridized carbons (Fsp3) is 0. The molecule has 0 aliphatic heterocycles. The van der Waals surface area contributed by atoms with Gasteiger partial charge in [-0.3, -0.25) is 4.79 Å². The van der Waals surface area contributed by atoms with E-state index < -0.39 is 0 Å². The smallest absolute Gasteiger partial charge is 0.255 e. The van der Waals surface area contributed by atoms with Gasteiger partial charge in [0.1, 0.15) is 5.82 Å². The summed E-state index contributed by atoms with van der Waals surface area (Å²) in [7, 11) is 0. The first-order valence-electron chi connectivity index (χ1n) is 7.95. The van der Waals surface area contributed by atoms with Crippen LogP contribution in [-0.2, 0) is 0 Å². The number of benzene rings is 3. The summed E-state index contributed by atoms with van der Waals surface area (Å²) < 4.78 is 13.1. The molecule has 2 N–H and O–H groups in total. The first-order valence-corrected chi connectivity index (χ1v) is 7.95. The van der Waals surface area contributed by atoms with Gasteiger partial charge in [-0.2, -0.15) is 0 Å². The average molecular weight is 330 g/mol. The minimum absolute atomic E-state index is 0.276. The standard InChI is InChI=1S/C21H15FN2O/c22-16-12-10-15(11-13-16)21(25)24-20-17-8-4-5-9-18(17)23-19(20)14-6-2-1-3-7-14/h1-13,23H,(H,24,25). The maximum Gasteiger partial charge on any atom is 0.255 e. The monoisotopic (exact) mass is 330 g/mol. The summed E-state index contributed by atoms with van der Waals surface area (Å²) in [4.78, 5) is 16.0. The lowest BCUT2D eigenvalue weighted by atomic mass is 10.1. The van der Waals surface area contributed by atoms with E-state index in [-0.39, 0.29) is 11.7 Å². The first kappa shape index (κ1) is 15.1. The van der Waals surface area contributed by atoms with Crippen molar-refractivity contribution >= 4 is 22.5 Å². The third-order valence-corrected chi connectivity index (χ3v) is 4.11. The minimum Gasteiger partial charge on any atom is -0.353 e. The van der Waals surface area contributed by atoms with E-state index in [4.69, 9.17) is 0 Å². The van der Waals surface area contributed by atoms with Crippen LogP contribution in [0.3, 0.4) is 0 Å². The van der Waals surface area contributed by atoms with E-state index in [1.165, 1.54) is 24.3 Å². The molecule has 0 spiro atoms. The Morgan fingerprint density at radius 1 is 0.840 bits per heavy atom. The molecule has 0 atom stereocenters. The maximum atomic E-state index is 13.1. The maximum absolute atomic E-state index is 13.1. The number of para-hydroxylation sites is 1. The van der Waals surface area contributed by atoms with E-state index in [1.807, 2.05) is 54.6 Å². The zero-order valence-electron chi connectivity index (χ0n) is 13.3. The summed E-state index contributed by atoms with van der Waals surface area (Å²) in [6.07, 6.45) is 0. The number of carbonyl (C=O) groups is 1. The van der Waals surface area contributed by atoms with Crippen LogP contribution in [-0.4, -0.2) is 10.9 Å². The van der Waals surface area contributed by atoms with Crippen LogP contribution in [0.4, 0.5) is 10.1 Å². The van der Waals surface area contributed by atoms with E-state index >= 15 is 0 Å².